The lowest BCUT2D eigenvalue weighted by atomic mass is 9.93. The Kier molecular flexibility index (Phi) is 3.19. The van der Waals surface area contributed by atoms with E-state index in [-0.39, 0.29) is 11.9 Å². The van der Waals surface area contributed by atoms with Crippen molar-refractivity contribution in [3.8, 4) is 0 Å². The van der Waals surface area contributed by atoms with E-state index in [0.29, 0.717) is 5.56 Å². The number of nitrogens with one attached hydrogen (secondary N) is 2. The van der Waals surface area contributed by atoms with Gasteiger partial charge in [-0.3, -0.25) is 10.1 Å². The number of carbonyl (C=O) groups excluding carboxylic acids is 2. The number of benzene rings is 1. The molecule has 0 atom stereocenters. The number of urea groups is 1. The number of rotatable bonds is 2. The predicted octanol–water partition coefficient (Wildman–Crippen LogP) is 1.68. The van der Waals surface area contributed by atoms with Crippen LogP contribution in [0.15, 0.2) is 30.3 Å². The van der Waals surface area contributed by atoms with Crippen molar-refractivity contribution in [1.29, 1.82) is 0 Å². The highest BCUT2D eigenvalue weighted by atomic mass is 16.2. The van der Waals surface area contributed by atoms with Crippen LogP contribution in [0.4, 0.5) is 4.79 Å². The van der Waals surface area contributed by atoms with Crippen molar-refractivity contribution in [2.45, 2.75) is 25.3 Å². The van der Waals surface area contributed by atoms with Gasteiger partial charge in [-0.15, -0.1) is 0 Å². The van der Waals surface area contributed by atoms with Crippen LogP contribution in [0.2, 0.25) is 0 Å². The second kappa shape index (κ2) is 4.79. The summed E-state index contributed by atoms with van der Waals surface area (Å²) in [7, 11) is 0. The average Bonchev–Trinajstić information content (AvgIpc) is 2.25. The van der Waals surface area contributed by atoms with Crippen molar-refractivity contribution in [1.82, 2.24) is 10.6 Å². The third kappa shape index (κ3) is 2.59. The molecule has 1 aliphatic carbocycles. The van der Waals surface area contributed by atoms with Gasteiger partial charge in [0.05, 0.1) is 0 Å². The van der Waals surface area contributed by atoms with Crippen LogP contribution in [0.5, 0.6) is 0 Å². The smallest absolute Gasteiger partial charge is 0.321 e. The molecular formula is C12H14N2O2. The van der Waals surface area contributed by atoms with Gasteiger partial charge in [-0.05, 0) is 31.4 Å². The minimum absolute atomic E-state index is 0.239. The Balaban J connectivity index is 1.84. The first-order valence-corrected chi connectivity index (χ1v) is 5.42. The van der Waals surface area contributed by atoms with Crippen LogP contribution in [0.1, 0.15) is 29.6 Å². The maximum atomic E-state index is 11.6. The van der Waals surface area contributed by atoms with Gasteiger partial charge >= 0.3 is 6.03 Å². The normalized spacial score (nSPS) is 15.0. The Morgan fingerprint density at radius 3 is 2.38 bits per heavy atom. The van der Waals surface area contributed by atoms with Crippen LogP contribution in [0.3, 0.4) is 0 Å². The van der Waals surface area contributed by atoms with E-state index in [0.717, 1.165) is 19.3 Å². The first-order chi connectivity index (χ1) is 7.75. The van der Waals surface area contributed by atoms with Gasteiger partial charge in [0.15, 0.2) is 0 Å². The van der Waals surface area contributed by atoms with E-state index in [1.807, 2.05) is 6.07 Å². The van der Waals surface area contributed by atoms with E-state index in [1.54, 1.807) is 24.3 Å². The third-order valence-corrected chi connectivity index (χ3v) is 2.70. The van der Waals surface area contributed by atoms with Crippen LogP contribution in [0, 0.1) is 0 Å². The second-order valence-corrected chi connectivity index (χ2v) is 3.92. The number of carbonyl (C=O) groups is 2. The number of hydrogen-bond donors (Lipinski definition) is 2. The van der Waals surface area contributed by atoms with Crippen molar-refractivity contribution < 1.29 is 9.59 Å². The zero-order valence-corrected chi connectivity index (χ0v) is 8.90. The zero-order valence-electron chi connectivity index (χ0n) is 8.90. The summed E-state index contributed by atoms with van der Waals surface area (Å²) < 4.78 is 0. The SMILES string of the molecule is O=C(NC(=O)c1ccccc1)NC1CCC1. The average molecular weight is 218 g/mol. The molecule has 0 aliphatic heterocycles. The lowest BCUT2D eigenvalue weighted by Crippen LogP contribution is -2.47. The molecule has 1 aromatic carbocycles. The Bertz CT molecular complexity index is 385. The molecule has 0 heterocycles. The fourth-order valence-electron chi connectivity index (χ4n) is 1.54. The zero-order chi connectivity index (χ0) is 11.4. The van der Waals surface area contributed by atoms with Gasteiger partial charge < -0.3 is 5.32 Å². The van der Waals surface area contributed by atoms with Crippen molar-refractivity contribution in [2.24, 2.45) is 0 Å². The molecule has 84 valence electrons. The Hall–Kier alpha value is -1.84. The molecule has 4 heteroatoms. The summed E-state index contributed by atoms with van der Waals surface area (Å²) in [5, 5.41) is 5.05. The monoisotopic (exact) mass is 218 g/mol. The molecule has 1 fully saturated rings. The van der Waals surface area contributed by atoms with Gasteiger partial charge in [-0.1, -0.05) is 18.2 Å². The number of amides is 3. The van der Waals surface area contributed by atoms with Crippen molar-refractivity contribution in [3.63, 3.8) is 0 Å². The Labute approximate surface area is 94.0 Å². The van der Waals surface area contributed by atoms with E-state index < -0.39 is 6.03 Å². The van der Waals surface area contributed by atoms with Crippen molar-refractivity contribution in [3.05, 3.63) is 35.9 Å². The maximum absolute atomic E-state index is 11.6. The van der Waals surface area contributed by atoms with E-state index in [4.69, 9.17) is 0 Å². The molecule has 3 amide bonds. The fraction of sp³-hybridized carbons (Fsp3) is 0.333. The van der Waals surface area contributed by atoms with E-state index in [1.165, 1.54) is 0 Å². The molecule has 1 aromatic rings. The van der Waals surface area contributed by atoms with Crippen LogP contribution in [-0.2, 0) is 0 Å². The van der Waals surface area contributed by atoms with Crippen molar-refractivity contribution in [2.75, 3.05) is 0 Å². The van der Waals surface area contributed by atoms with Gasteiger partial charge in [0.25, 0.3) is 5.91 Å². The molecular weight excluding hydrogens is 204 g/mol. The first kappa shape index (κ1) is 10.7. The summed E-state index contributed by atoms with van der Waals surface area (Å²) in [4.78, 5) is 23.0. The molecule has 0 unspecified atom stereocenters. The molecule has 1 saturated carbocycles. The minimum Gasteiger partial charge on any atom is -0.335 e. The molecule has 0 saturated heterocycles. The van der Waals surface area contributed by atoms with Gasteiger partial charge in [0.1, 0.15) is 0 Å². The lowest BCUT2D eigenvalue weighted by molar-refractivity contribution is 0.0962. The van der Waals surface area contributed by atoms with Gasteiger partial charge in [0.2, 0.25) is 0 Å². The molecule has 0 spiro atoms. The quantitative estimate of drug-likeness (QED) is 0.793. The van der Waals surface area contributed by atoms with Crippen molar-refractivity contribution >= 4 is 11.9 Å². The molecule has 1 aliphatic rings. The van der Waals surface area contributed by atoms with Gasteiger partial charge in [0, 0.05) is 11.6 Å². The van der Waals surface area contributed by atoms with Crippen LogP contribution >= 0.6 is 0 Å². The molecule has 4 nitrogen and oxygen atoms in total. The van der Waals surface area contributed by atoms with Crippen LogP contribution < -0.4 is 10.6 Å². The fourth-order valence-corrected chi connectivity index (χ4v) is 1.54. The molecule has 2 rings (SSSR count). The molecule has 0 radical (unpaired) electrons. The molecule has 2 N–H and O–H groups in total. The summed E-state index contributed by atoms with van der Waals surface area (Å²) in [5.74, 6) is -0.363. The van der Waals surface area contributed by atoms with E-state index in [9.17, 15) is 9.59 Å². The minimum atomic E-state index is -0.404. The van der Waals surface area contributed by atoms with Gasteiger partial charge in [-0.25, -0.2) is 4.79 Å². The maximum Gasteiger partial charge on any atom is 0.321 e. The van der Waals surface area contributed by atoms with Crippen LogP contribution in [-0.4, -0.2) is 18.0 Å². The third-order valence-electron chi connectivity index (χ3n) is 2.70. The summed E-state index contributed by atoms with van der Waals surface area (Å²) in [5.41, 5.74) is 0.492. The highest BCUT2D eigenvalue weighted by molar-refractivity contribution is 6.04. The highest BCUT2D eigenvalue weighted by Gasteiger charge is 2.20. The Morgan fingerprint density at radius 1 is 1.12 bits per heavy atom. The van der Waals surface area contributed by atoms with Crippen LogP contribution in [0.25, 0.3) is 0 Å². The number of imide groups is 1. The predicted molar refractivity (Wildman–Crippen MR) is 60.1 cm³/mol. The summed E-state index contributed by atoms with van der Waals surface area (Å²) in [6, 6.07) is 8.53. The summed E-state index contributed by atoms with van der Waals surface area (Å²) in [6.07, 6.45) is 3.16. The summed E-state index contributed by atoms with van der Waals surface area (Å²) >= 11 is 0. The number of hydrogen-bond acceptors (Lipinski definition) is 2. The second-order valence-electron chi connectivity index (χ2n) is 3.92. The van der Waals surface area contributed by atoms with E-state index in [2.05, 4.69) is 10.6 Å². The largest absolute Gasteiger partial charge is 0.335 e. The Morgan fingerprint density at radius 2 is 1.81 bits per heavy atom. The first-order valence-electron chi connectivity index (χ1n) is 5.42. The molecule has 16 heavy (non-hydrogen) atoms. The van der Waals surface area contributed by atoms with Gasteiger partial charge in [-0.2, -0.15) is 0 Å². The lowest BCUT2D eigenvalue weighted by Gasteiger charge is -2.26. The topological polar surface area (TPSA) is 58.2 Å². The molecule has 0 aromatic heterocycles. The highest BCUT2D eigenvalue weighted by Crippen LogP contribution is 2.17. The molecule has 0 bridgehead atoms. The summed E-state index contributed by atoms with van der Waals surface area (Å²) in [6.45, 7) is 0. The van der Waals surface area contributed by atoms with E-state index >= 15 is 0 Å². The standard InChI is InChI=1S/C12H14N2O2/c15-11(9-5-2-1-3-6-9)14-12(16)13-10-7-4-8-10/h1-3,5-6,10H,4,7-8H2,(H2,13,14,15,16).